The summed E-state index contributed by atoms with van der Waals surface area (Å²) in [4.78, 5) is 0. The van der Waals surface area contributed by atoms with Crippen LogP contribution < -0.4 is 4.74 Å². The van der Waals surface area contributed by atoms with Crippen molar-refractivity contribution in [3.05, 3.63) is 29.8 Å². The third-order valence-electron chi connectivity index (χ3n) is 4.96. The van der Waals surface area contributed by atoms with E-state index in [1.54, 1.807) is 7.11 Å². The first-order chi connectivity index (χ1) is 11.4. The van der Waals surface area contributed by atoms with Crippen molar-refractivity contribution in [2.45, 2.75) is 51.0 Å². The smallest absolute Gasteiger partial charge is 0.163 e. The van der Waals surface area contributed by atoms with E-state index in [0.717, 1.165) is 11.3 Å². The van der Waals surface area contributed by atoms with E-state index in [1.807, 2.05) is 38.1 Å². The number of benzene rings is 1. The van der Waals surface area contributed by atoms with Crippen LogP contribution in [-0.2, 0) is 20.8 Å². The minimum absolute atomic E-state index is 0.160. The van der Waals surface area contributed by atoms with Crippen LogP contribution in [0.25, 0.3) is 0 Å². The monoisotopic (exact) mass is 338 g/mol. The van der Waals surface area contributed by atoms with Gasteiger partial charge in [-0.2, -0.15) is 0 Å². The Morgan fingerprint density at radius 2 is 1.79 bits per heavy atom. The zero-order chi connectivity index (χ0) is 17.4. The molecule has 0 unspecified atom stereocenters. The fourth-order valence-corrected chi connectivity index (χ4v) is 3.61. The van der Waals surface area contributed by atoms with E-state index in [0.29, 0.717) is 13.0 Å². The van der Waals surface area contributed by atoms with Crippen LogP contribution in [0.5, 0.6) is 5.75 Å². The molecule has 0 aromatic heterocycles. The molecule has 6 heteroatoms. The van der Waals surface area contributed by atoms with E-state index < -0.39 is 11.2 Å². The molecule has 6 nitrogen and oxygen atoms in total. The van der Waals surface area contributed by atoms with E-state index in [9.17, 15) is 10.2 Å². The van der Waals surface area contributed by atoms with Gasteiger partial charge >= 0.3 is 0 Å². The first kappa shape index (κ1) is 17.6. The molecule has 1 saturated carbocycles. The Morgan fingerprint density at radius 1 is 1.12 bits per heavy atom. The lowest BCUT2D eigenvalue weighted by Gasteiger charge is -2.31. The van der Waals surface area contributed by atoms with E-state index >= 15 is 0 Å². The van der Waals surface area contributed by atoms with Crippen LogP contribution in [0.4, 0.5) is 0 Å². The number of methoxy groups -OCH3 is 1. The standard InChI is InChI=1S/C18H26O6/c1-17(2)23-15-14(8-18(10-19,11-20)16(15)24-17)22-9-12-4-6-13(21-3)7-5-12/h4-7,14-16,19-20H,8-11H2,1-3H3/t14-,15-,16-/m0/s1. The fourth-order valence-electron chi connectivity index (χ4n) is 3.61. The van der Waals surface area contributed by atoms with Gasteiger partial charge in [0.1, 0.15) is 11.9 Å². The fraction of sp³-hybridized carbons (Fsp3) is 0.667. The van der Waals surface area contributed by atoms with Crippen molar-refractivity contribution in [2.75, 3.05) is 20.3 Å². The lowest BCUT2D eigenvalue weighted by atomic mass is 9.85. The second-order valence-corrected chi connectivity index (χ2v) is 7.10. The summed E-state index contributed by atoms with van der Waals surface area (Å²) in [6.07, 6.45) is -0.402. The molecule has 1 aromatic carbocycles. The second kappa shape index (κ2) is 6.61. The molecule has 3 rings (SSSR count). The SMILES string of the molecule is COc1ccc(CO[C@H]2CC(CO)(CO)[C@H]3OC(C)(C)O[C@@H]23)cc1. The molecule has 24 heavy (non-hydrogen) atoms. The Morgan fingerprint density at radius 3 is 2.38 bits per heavy atom. The van der Waals surface area contributed by atoms with Crippen molar-refractivity contribution >= 4 is 0 Å². The van der Waals surface area contributed by atoms with Crippen molar-refractivity contribution in [2.24, 2.45) is 5.41 Å². The van der Waals surface area contributed by atoms with Gasteiger partial charge < -0.3 is 29.2 Å². The van der Waals surface area contributed by atoms with Crippen LogP contribution in [0.15, 0.2) is 24.3 Å². The van der Waals surface area contributed by atoms with Gasteiger partial charge in [-0.3, -0.25) is 0 Å². The Balaban J connectivity index is 1.70. The third kappa shape index (κ3) is 3.17. The highest BCUT2D eigenvalue weighted by Gasteiger charge is 2.61. The maximum Gasteiger partial charge on any atom is 0.163 e. The van der Waals surface area contributed by atoms with Gasteiger partial charge in [-0.1, -0.05) is 12.1 Å². The number of ether oxygens (including phenoxy) is 4. The van der Waals surface area contributed by atoms with Gasteiger partial charge in [0.05, 0.1) is 39.1 Å². The highest BCUT2D eigenvalue weighted by atomic mass is 16.8. The molecule has 2 N–H and O–H groups in total. The Bertz CT molecular complexity index is 551. The molecule has 1 saturated heterocycles. The Labute approximate surface area is 142 Å². The molecular weight excluding hydrogens is 312 g/mol. The van der Waals surface area contributed by atoms with E-state index in [2.05, 4.69) is 0 Å². The molecule has 134 valence electrons. The summed E-state index contributed by atoms with van der Waals surface area (Å²) >= 11 is 0. The molecule has 1 heterocycles. The molecule has 1 aliphatic carbocycles. The Hall–Kier alpha value is -1.18. The maximum atomic E-state index is 9.83. The van der Waals surface area contributed by atoms with Crippen LogP contribution >= 0.6 is 0 Å². The topological polar surface area (TPSA) is 77.4 Å². The predicted octanol–water partition coefficient (Wildman–Crippen LogP) is 1.48. The predicted molar refractivity (Wildman–Crippen MR) is 86.6 cm³/mol. The summed E-state index contributed by atoms with van der Waals surface area (Å²) in [6, 6.07) is 7.68. The van der Waals surface area contributed by atoms with Gasteiger partial charge in [0.2, 0.25) is 0 Å². The maximum absolute atomic E-state index is 9.83. The lowest BCUT2D eigenvalue weighted by molar-refractivity contribution is -0.186. The first-order valence-corrected chi connectivity index (χ1v) is 8.25. The zero-order valence-electron chi connectivity index (χ0n) is 14.4. The normalized spacial score (nSPS) is 30.3. The second-order valence-electron chi connectivity index (χ2n) is 7.10. The number of rotatable bonds is 6. The number of aliphatic hydroxyl groups is 2. The van der Waals surface area contributed by atoms with Crippen molar-refractivity contribution in [1.82, 2.24) is 0 Å². The minimum atomic E-state index is -0.743. The molecule has 1 aromatic rings. The van der Waals surface area contributed by atoms with Crippen molar-refractivity contribution in [1.29, 1.82) is 0 Å². The molecule has 1 aliphatic heterocycles. The Kier molecular flexibility index (Phi) is 4.86. The van der Waals surface area contributed by atoms with Crippen molar-refractivity contribution in [3.63, 3.8) is 0 Å². The van der Waals surface area contributed by atoms with Gasteiger partial charge in [0, 0.05) is 5.41 Å². The average molecular weight is 338 g/mol. The largest absolute Gasteiger partial charge is 0.497 e. The summed E-state index contributed by atoms with van der Waals surface area (Å²) in [5.74, 6) is 0.0566. The minimum Gasteiger partial charge on any atom is -0.497 e. The molecule has 2 aliphatic rings. The van der Waals surface area contributed by atoms with Crippen molar-refractivity contribution in [3.8, 4) is 5.75 Å². The number of fused-ring (bicyclic) bond motifs is 1. The third-order valence-corrected chi connectivity index (χ3v) is 4.96. The first-order valence-electron chi connectivity index (χ1n) is 8.25. The molecule has 0 amide bonds. The van der Waals surface area contributed by atoms with Gasteiger partial charge in [-0.25, -0.2) is 0 Å². The van der Waals surface area contributed by atoms with E-state index in [1.165, 1.54) is 0 Å². The van der Waals surface area contributed by atoms with Gasteiger partial charge in [-0.05, 0) is 38.0 Å². The highest BCUT2D eigenvalue weighted by Crippen LogP contribution is 2.49. The molecule has 3 atom stereocenters. The number of hydrogen-bond acceptors (Lipinski definition) is 6. The summed E-state index contributed by atoms with van der Waals surface area (Å²) in [6.45, 7) is 3.78. The number of hydrogen-bond donors (Lipinski definition) is 2. The molecule has 2 fully saturated rings. The van der Waals surface area contributed by atoms with Gasteiger partial charge in [0.25, 0.3) is 0 Å². The average Bonchev–Trinajstić information content (AvgIpc) is 3.05. The van der Waals surface area contributed by atoms with Crippen LogP contribution in [0.2, 0.25) is 0 Å². The summed E-state index contributed by atoms with van der Waals surface area (Å²) < 4.78 is 23.1. The van der Waals surface area contributed by atoms with E-state index in [-0.39, 0.29) is 31.5 Å². The van der Waals surface area contributed by atoms with Crippen LogP contribution in [0.3, 0.4) is 0 Å². The zero-order valence-corrected chi connectivity index (χ0v) is 14.4. The van der Waals surface area contributed by atoms with Crippen molar-refractivity contribution < 1.29 is 29.2 Å². The van der Waals surface area contributed by atoms with Crippen LogP contribution in [-0.4, -0.2) is 54.6 Å². The molecule has 0 spiro atoms. The van der Waals surface area contributed by atoms with Gasteiger partial charge in [0.15, 0.2) is 5.79 Å². The summed E-state index contributed by atoms with van der Waals surface area (Å²) in [7, 11) is 1.63. The molecule has 0 radical (unpaired) electrons. The van der Waals surface area contributed by atoms with Crippen LogP contribution in [0, 0.1) is 5.41 Å². The van der Waals surface area contributed by atoms with Crippen LogP contribution in [0.1, 0.15) is 25.8 Å². The summed E-state index contributed by atoms with van der Waals surface area (Å²) in [5, 5.41) is 19.7. The molecular formula is C18H26O6. The number of aliphatic hydroxyl groups excluding tert-OH is 2. The lowest BCUT2D eigenvalue weighted by Crippen LogP contribution is -2.41. The highest BCUT2D eigenvalue weighted by molar-refractivity contribution is 5.26. The quantitative estimate of drug-likeness (QED) is 0.818. The molecule has 0 bridgehead atoms. The van der Waals surface area contributed by atoms with Gasteiger partial charge in [-0.15, -0.1) is 0 Å². The van der Waals surface area contributed by atoms with E-state index in [4.69, 9.17) is 18.9 Å². The summed E-state index contributed by atoms with van der Waals surface area (Å²) in [5.41, 5.74) is 0.291.